The zero-order valence-electron chi connectivity index (χ0n) is 20.2. The Bertz CT molecular complexity index is 1110. The monoisotopic (exact) mass is 449 g/mol. The highest BCUT2D eigenvalue weighted by atomic mass is 19.1. The fraction of sp³-hybridized carbons (Fsp3) is 0.481. The number of rotatable bonds is 8. The summed E-state index contributed by atoms with van der Waals surface area (Å²) in [4.78, 5) is 7.28. The second-order valence-corrected chi connectivity index (χ2v) is 10.4. The van der Waals surface area contributed by atoms with E-state index in [0.717, 1.165) is 37.1 Å². The molecule has 1 aliphatic rings. The molecule has 1 fully saturated rings. The van der Waals surface area contributed by atoms with Gasteiger partial charge in [-0.1, -0.05) is 39.8 Å². The lowest BCUT2D eigenvalue weighted by molar-refractivity contribution is 0.226. The molecule has 5 nitrogen and oxygen atoms in total. The van der Waals surface area contributed by atoms with E-state index < -0.39 is 0 Å². The predicted molar refractivity (Wildman–Crippen MR) is 134 cm³/mol. The molecule has 4 rings (SSSR count). The number of allylic oxidation sites excluding steroid dienone is 1. The molecule has 0 unspecified atom stereocenters. The SMILES string of the molecule is C=C(CC(C)(C)C)Nc1ccn2ncc(-c3cc(CCCN4CCCCC4)ccc3F)c2n1. The summed E-state index contributed by atoms with van der Waals surface area (Å²) < 4.78 is 16.6. The maximum atomic E-state index is 14.9. The summed E-state index contributed by atoms with van der Waals surface area (Å²) in [5.41, 5.74) is 4.08. The summed E-state index contributed by atoms with van der Waals surface area (Å²) in [6.07, 6.45) is 10.4. The van der Waals surface area contributed by atoms with E-state index in [1.807, 2.05) is 24.4 Å². The lowest BCUT2D eigenvalue weighted by Crippen LogP contribution is -2.30. The van der Waals surface area contributed by atoms with Crippen molar-refractivity contribution in [1.82, 2.24) is 19.5 Å². The van der Waals surface area contributed by atoms with Gasteiger partial charge in [0.25, 0.3) is 0 Å². The van der Waals surface area contributed by atoms with Crippen molar-refractivity contribution in [3.05, 3.63) is 60.3 Å². The number of nitrogens with zero attached hydrogens (tertiary/aromatic N) is 4. The average Bonchev–Trinajstić information content (AvgIpc) is 3.17. The number of halogens is 1. The van der Waals surface area contributed by atoms with Gasteiger partial charge >= 0.3 is 0 Å². The average molecular weight is 450 g/mol. The summed E-state index contributed by atoms with van der Waals surface area (Å²) in [5.74, 6) is 0.443. The third-order valence-corrected chi connectivity index (χ3v) is 6.13. The van der Waals surface area contributed by atoms with Gasteiger partial charge in [-0.2, -0.15) is 5.10 Å². The molecule has 3 aromatic rings. The van der Waals surface area contributed by atoms with Crippen molar-refractivity contribution in [3.63, 3.8) is 0 Å². The summed E-state index contributed by atoms with van der Waals surface area (Å²) in [6, 6.07) is 7.30. The Labute approximate surface area is 196 Å². The van der Waals surface area contributed by atoms with Crippen LogP contribution in [0.15, 0.2) is 48.9 Å². The van der Waals surface area contributed by atoms with Crippen LogP contribution in [0.5, 0.6) is 0 Å². The zero-order valence-corrected chi connectivity index (χ0v) is 20.2. The molecule has 33 heavy (non-hydrogen) atoms. The lowest BCUT2D eigenvalue weighted by Gasteiger charge is -2.26. The third kappa shape index (κ3) is 6.20. The van der Waals surface area contributed by atoms with E-state index in [1.54, 1.807) is 16.8 Å². The quantitative estimate of drug-likeness (QED) is 0.437. The molecular formula is C27H36FN5. The smallest absolute Gasteiger partial charge is 0.165 e. The number of fused-ring (bicyclic) bond motifs is 1. The number of benzene rings is 1. The van der Waals surface area contributed by atoms with Crippen LogP contribution in [0.25, 0.3) is 16.8 Å². The molecule has 0 bridgehead atoms. The zero-order chi connectivity index (χ0) is 23.4. The molecule has 0 atom stereocenters. The number of hydrogen-bond donors (Lipinski definition) is 1. The van der Waals surface area contributed by atoms with Crippen LogP contribution in [0, 0.1) is 11.2 Å². The molecule has 176 valence electrons. The third-order valence-electron chi connectivity index (χ3n) is 6.13. The first-order chi connectivity index (χ1) is 15.8. The van der Waals surface area contributed by atoms with Crippen LogP contribution in [0.3, 0.4) is 0 Å². The van der Waals surface area contributed by atoms with Crippen LogP contribution < -0.4 is 5.32 Å². The van der Waals surface area contributed by atoms with E-state index >= 15 is 0 Å². The minimum atomic E-state index is -0.248. The normalized spacial score (nSPS) is 15.2. The van der Waals surface area contributed by atoms with Crippen molar-refractivity contribution >= 4 is 11.5 Å². The van der Waals surface area contributed by atoms with Gasteiger partial charge in [-0.25, -0.2) is 13.9 Å². The molecule has 0 saturated carbocycles. The van der Waals surface area contributed by atoms with Crippen LogP contribution in [0.4, 0.5) is 10.2 Å². The Balaban J connectivity index is 1.51. The number of likely N-dealkylation sites (tertiary alicyclic amines) is 1. The maximum absolute atomic E-state index is 14.9. The molecule has 1 saturated heterocycles. The molecule has 1 N–H and O–H groups in total. The van der Waals surface area contributed by atoms with E-state index in [1.165, 1.54) is 32.4 Å². The topological polar surface area (TPSA) is 45.5 Å². The Hall–Kier alpha value is -2.73. The van der Waals surface area contributed by atoms with Crippen molar-refractivity contribution in [3.8, 4) is 11.1 Å². The largest absolute Gasteiger partial charge is 0.344 e. The van der Waals surface area contributed by atoms with Gasteiger partial charge in [0.15, 0.2) is 5.65 Å². The van der Waals surface area contributed by atoms with Gasteiger partial charge in [0.1, 0.15) is 11.6 Å². The Morgan fingerprint density at radius 2 is 1.91 bits per heavy atom. The highest BCUT2D eigenvalue weighted by molar-refractivity contribution is 5.78. The number of piperidine rings is 1. The summed E-state index contributed by atoms with van der Waals surface area (Å²) in [5, 5.41) is 7.70. The predicted octanol–water partition coefficient (Wildman–Crippen LogP) is 6.32. The second kappa shape index (κ2) is 10.0. The van der Waals surface area contributed by atoms with E-state index in [-0.39, 0.29) is 11.2 Å². The van der Waals surface area contributed by atoms with E-state index in [4.69, 9.17) is 4.98 Å². The van der Waals surface area contributed by atoms with E-state index in [2.05, 4.69) is 42.7 Å². The highest BCUT2D eigenvalue weighted by Crippen LogP contribution is 2.29. The fourth-order valence-electron chi connectivity index (χ4n) is 4.62. The molecule has 0 spiro atoms. The molecule has 1 aromatic carbocycles. The van der Waals surface area contributed by atoms with Crippen molar-refractivity contribution in [1.29, 1.82) is 0 Å². The fourth-order valence-corrected chi connectivity index (χ4v) is 4.62. The molecule has 0 radical (unpaired) electrons. The van der Waals surface area contributed by atoms with E-state index in [9.17, 15) is 4.39 Å². The van der Waals surface area contributed by atoms with Gasteiger partial charge in [0.2, 0.25) is 0 Å². The number of hydrogen-bond acceptors (Lipinski definition) is 4. The number of anilines is 1. The molecule has 1 aliphatic heterocycles. The number of aryl methyl sites for hydroxylation is 1. The first-order valence-corrected chi connectivity index (χ1v) is 12.1. The molecule has 2 aromatic heterocycles. The maximum Gasteiger partial charge on any atom is 0.165 e. The van der Waals surface area contributed by atoms with Crippen LogP contribution in [-0.4, -0.2) is 39.1 Å². The van der Waals surface area contributed by atoms with Crippen molar-refractivity contribution in [2.45, 2.75) is 59.3 Å². The molecule has 6 heteroatoms. The standard InChI is InChI=1S/C27H36FN5/c1-20(18-27(2,3)4)30-25-12-16-33-26(31-25)23(19-29-33)22-17-21(10-11-24(22)28)9-8-15-32-13-6-5-7-14-32/h10-12,16-17,19H,1,5-9,13-15,18H2,2-4H3,(H,30,31). The minimum Gasteiger partial charge on any atom is -0.344 e. The van der Waals surface area contributed by atoms with Crippen LogP contribution >= 0.6 is 0 Å². The Morgan fingerprint density at radius 1 is 1.12 bits per heavy atom. The van der Waals surface area contributed by atoms with Crippen molar-refractivity contribution in [2.75, 3.05) is 25.0 Å². The first kappa shape index (κ1) is 23.4. The van der Waals surface area contributed by atoms with Gasteiger partial charge in [-0.05, 0) is 80.9 Å². The van der Waals surface area contributed by atoms with Crippen LogP contribution in [0.1, 0.15) is 58.4 Å². The Morgan fingerprint density at radius 3 is 2.67 bits per heavy atom. The van der Waals surface area contributed by atoms with Crippen molar-refractivity contribution in [2.24, 2.45) is 5.41 Å². The van der Waals surface area contributed by atoms with Gasteiger partial charge in [-0.15, -0.1) is 0 Å². The molecule has 0 amide bonds. The molecule has 0 aliphatic carbocycles. The van der Waals surface area contributed by atoms with Crippen molar-refractivity contribution < 1.29 is 4.39 Å². The van der Waals surface area contributed by atoms with Gasteiger partial charge in [0.05, 0.1) is 6.20 Å². The first-order valence-electron chi connectivity index (χ1n) is 12.1. The minimum absolute atomic E-state index is 0.132. The Kier molecular flexibility index (Phi) is 7.13. The molecular weight excluding hydrogens is 413 g/mol. The lowest BCUT2D eigenvalue weighted by atomic mass is 9.91. The summed E-state index contributed by atoms with van der Waals surface area (Å²) >= 11 is 0. The van der Waals surface area contributed by atoms with Gasteiger partial charge < -0.3 is 10.2 Å². The van der Waals surface area contributed by atoms with Gasteiger partial charge in [0, 0.05) is 23.0 Å². The van der Waals surface area contributed by atoms with E-state index in [0.29, 0.717) is 22.6 Å². The van der Waals surface area contributed by atoms with Crippen LogP contribution in [0.2, 0.25) is 0 Å². The van der Waals surface area contributed by atoms with Gasteiger partial charge in [-0.3, -0.25) is 0 Å². The number of aromatic nitrogens is 3. The number of nitrogens with one attached hydrogen (secondary N) is 1. The second-order valence-electron chi connectivity index (χ2n) is 10.4. The summed E-state index contributed by atoms with van der Waals surface area (Å²) in [6.45, 7) is 14.2. The van der Waals surface area contributed by atoms with Crippen LogP contribution in [-0.2, 0) is 6.42 Å². The summed E-state index contributed by atoms with van der Waals surface area (Å²) in [7, 11) is 0. The highest BCUT2D eigenvalue weighted by Gasteiger charge is 2.16. The molecule has 3 heterocycles.